The van der Waals surface area contributed by atoms with E-state index in [1.807, 2.05) is 20.2 Å². The third-order valence-electron chi connectivity index (χ3n) is 5.33. The molecule has 9 heteroatoms. The molecule has 4 heterocycles. The lowest BCUT2D eigenvalue weighted by Crippen LogP contribution is -2.47. The van der Waals surface area contributed by atoms with Crippen LogP contribution in [0.4, 0.5) is 11.6 Å². The van der Waals surface area contributed by atoms with E-state index in [2.05, 4.69) is 48.1 Å². The summed E-state index contributed by atoms with van der Waals surface area (Å²) in [6.45, 7) is 7.18. The van der Waals surface area contributed by atoms with E-state index in [9.17, 15) is 5.26 Å². The highest BCUT2D eigenvalue weighted by Gasteiger charge is 2.25. The summed E-state index contributed by atoms with van der Waals surface area (Å²) in [5.74, 6) is 1.60. The highest BCUT2D eigenvalue weighted by molar-refractivity contribution is 5.86. The Labute approximate surface area is 163 Å². The molecule has 0 aliphatic carbocycles. The molecule has 3 aromatic rings. The molecule has 0 spiro atoms. The molecule has 144 valence electrons. The number of fused-ring (bicyclic) bond motifs is 1. The van der Waals surface area contributed by atoms with Crippen LogP contribution in [0, 0.1) is 11.3 Å². The number of hydrogen-bond acceptors (Lipinski definition) is 8. The van der Waals surface area contributed by atoms with E-state index >= 15 is 0 Å². The molecule has 0 radical (unpaired) electrons. The van der Waals surface area contributed by atoms with Crippen molar-refractivity contribution in [3.05, 3.63) is 29.3 Å². The summed E-state index contributed by atoms with van der Waals surface area (Å²) < 4.78 is 1.76. The Morgan fingerprint density at radius 3 is 2.36 bits per heavy atom. The second-order valence-corrected chi connectivity index (χ2v) is 6.82. The molecule has 0 N–H and O–H groups in total. The fourth-order valence-corrected chi connectivity index (χ4v) is 3.83. The van der Waals surface area contributed by atoms with Gasteiger partial charge in [0.1, 0.15) is 23.8 Å². The minimum Gasteiger partial charge on any atom is -0.352 e. The number of aryl methyl sites for hydroxylation is 2. The summed E-state index contributed by atoms with van der Waals surface area (Å²) in [4.78, 5) is 13.2. The van der Waals surface area contributed by atoms with Crippen LogP contribution in [-0.4, -0.2) is 56.1 Å². The van der Waals surface area contributed by atoms with E-state index in [0.717, 1.165) is 67.1 Å². The van der Waals surface area contributed by atoms with Gasteiger partial charge in [-0.1, -0.05) is 13.8 Å². The zero-order valence-electron chi connectivity index (χ0n) is 16.4. The predicted molar refractivity (Wildman–Crippen MR) is 106 cm³/mol. The SMILES string of the molecule is CCc1nnc(N2CCN(c3ncnc4c3cnn4C)CC2)c(C#N)c1CC. The molecule has 4 rings (SSSR count). The monoisotopic (exact) mass is 377 g/mol. The average molecular weight is 377 g/mol. The quantitative estimate of drug-likeness (QED) is 0.674. The molecule has 1 saturated heterocycles. The molecule has 1 aliphatic heterocycles. The third-order valence-corrected chi connectivity index (χ3v) is 5.33. The molecule has 1 aliphatic rings. The van der Waals surface area contributed by atoms with Gasteiger partial charge in [-0.2, -0.15) is 15.5 Å². The van der Waals surface area contributed by atoms with Gasteiger partial charge in [-0.15, -0.1) is 5.10 Å². The van der Waals surface area contributed by atoms with Crippen molar-refractivity contribution in [3.63, 3.8) is 0 Å². The van der Waals surface area contributed by atoms with E-state index in [-0.39, 0.29) is 0 Å². The molecule has 0 amide bonds. The van der Waals surface area contributed by atoms with E-state index in [0.29, 0.717) is 11.4 Å². The minimum absolute atomic E-state index is 0.666. The Morgan fingerprint density at radius 1 is 1.00 bits per heavy atom. The Hall–Kier alpha value is -3.28. The van der Waals surface area contributed by atoms with E-state index in [1.54, 1.807) is 11.0 Å². The molecule has 0 aromatic carbocycles. The molecule has 0 unspecified atom stereocenters. The summed E-state index contributed by atoms with van der Waals surface area (Å²) in [7, 11) is 1.88. The molecule has 0 saturated carbocycles. The smallest absolute Gasteiger partial charge is 0.169 e. The van der Waals surface area contributed by atoms with Gasteiger partial charge in [0.2, 0.25) is 0 Å². The molecule has 0 bridgehead atoms. The first-order chi connectivity index (χ1) is 13.7. The van der Waals surface area contributed by atoms with Crippen molar-refractivity contribution in [1.82, 2.24) is 29.9 Å². The highest BCUT2D eigenvalue weighted by atomic mass is 15.3. The topological polar surface area (TPSA) is 99.7 Å². The zero-order valence-corrected chi connectivity index (χ0v) is 16.4. The second kappa shape index (κ2) is 7.38. The molecule has 9 nitrogen and oxygen atoms in total. The zero-order chi connectivity index (χ0) is 19.7. The Bertz CT molecular complexity index is 1040. The lowest BCUT2D eigenvalue weighted by molar-refractivity contribution is 0.636. The maximum Gasteiger partial charge on any atom is 0.169 e. The first-order valence-corrected chi connectivity index (χ1v) is 9.59. The third kappa shape index (κ3) is 2.91. The lowest BCUT2D eigenvalue weighted by atomic mass is 10.0. The summed E-state index contributed by atoms with van der Waals surface area (Å²) in [5, 5.41) is 23.8. The van der Waals surface area contributed by atoms with Crippen LogP contribution in [0.25, 0.3) is 11.0 Å². The fraction of sp³-hybridized carbons (Fsp3) is 0.474. The molecule has 3 aromatic heterocycles. The normalized spacial score (nSPS) is 14.5. The van der Waals surface area contributed by atoms with Gasteiger partial charge in [0, 0.05) is 33.2 Å². The van der Waals surface area contributed by atoms with Crippen molar-refractivity contribution in [2.24, 2.45) is 7.05 Å². The standard InChI is InChI=1S/C19H23N9/c1-4-13-14(10-20)19(25-24-16(13)5-2)28-8-6-27(7-9-28)18-15-11-23-26(3)17(15)21-12-22-18/h11-12H,4-9H2,1-3H3. The summed E-state index contributed by atoms with van der Waals surface area (Å²) in [6.07, 6.45) is 4.97. The Kier molecular flexibility index (Phi) is 4.77. The number of rotatable bonds is 4. The number of hydrogen-bond donors (Lipinski definition) is 0. The number of aromatic nitrogens is 6. The van der Waals surface area contributed by atoms with Gasteiger partial charge in [-0.05, 0) is 18.4 Å². The van der Waals surface area contributed by atoms with Crippen molar-refractivity contribution in [1.29, 1.82) is 5.26 Å². The molecular weight excluding hydrogens is 354 g/mol. The van der Waals surface area contributed by atoms with Gasteiger partial charge in [0.05, 0.1) is 17.3 Å². The van der Waals surface area contributed by atoms with Crippen LogP contribution in [0.5, 0.6) is 0 Å². The van der Waals surface area contributed by atoms with Gasteiger partial charge in [0.15, 0.2) is 11.5 Å². The van der Waals surface area contributed by atoms with Crippen molar-refractivity contribution >= 4 is 22.7 Å². The molecule has 1 fully saturated rings. The first kappa shape index (κ1) is 18.1. The number of piperazine rings is 1. The van der Waals surface area contributed by atoms with Crippen LogP contribution in [0.3, 0.4) is 0 Å². The van der Waals surface area contributed by atoms with Crippen LogP contribution < -0.4 is 9.80 Å². The minimum atomic E-state index is 0.666. The van der Waals surface area contributed by atoms with Gasteiger partial charge in [-0.3, -0.25) is 4.68 Å². The molecule has 0 atom stereocenters. The number of nitrogens with zero attached hydrogens (tertiary/aromatic N) is 9. The van der Waals surface area contributed by atoms with E-state index < -0.39 is 0 Å². The van der Waals surface area contributed by atoms with Crippen LogP contribution in [0.2, 0.25) is 0 Å². The van der Waals surface area contributed by atoms with E-state index in [1.165, 1.54) is 0 Å². The summed E-state index contributed by atoms with van der Waals surface area (Å²) in [6, 6.07) is 2.37. The number of anilines is 2. The average Bonchev–Trinajstić information content (AvgIpc) is 3.13. The predicted octanol–water partition coefficient (Wildman–Crippen LogP) is 1.48. The maximum absolute atomic E-state index is 9.75. The van der Waals surface area contributed by atoms with Crippen molar-refractivity contribution in [2.45, 2.75) is 26.7 Å². The number of nitriles is 1. The van der Waals surface area contributed by atoms with Crippen LogP contribution in [-0.2, 0) is 19.9 Å². The van der Waals surface area contributed by atoms with E-state index in [4.69, 9.17) is 0 Å². The van der Waals surface area contributed by atoms with Crippen molar-refractivity contribution in [2.75, 3.05) is 36.0 Å². The van der Waals surface area contributed by atoms with Crippen LogP contribution in [0.1, 0.15) is 30.7 Å². The summed E-state index contributed by atoms with van der Waals surface area (Å²) in [5.41, 5.74) is 3.43. The van der Waals surface area contributed by atoms with Gasteiger partial charge in [0.25, 0.3) is 0 Å². The first-order valence-electron chi connectivity index (χ1n) is 9.59. The van der Waals surface area contributed by atoms with Gasteiger partial charge >= 0.3 is 0 Å². The van der Waals surface area contributed by atoms with Gasteiger partial charge in [-0.25, -0.2) is 9.97 Å². The largest absolute Gasteiger partial charge is 0.352 e. The van der Waals surface area contributed by atoms with Crippen molar-refractivity contribution in [3.8, 4) is 6.07 Å². The molecule has 28 heavy (non-hydrogen) atoms. The Morgan fingerprint density at radius 2 is 1.71 bits per heavy atom. The second-order valence-electron chi connectivity index (χ2n) is 6.82. The van der Waals surface area contributed by atoms with Crippen LogP contribution >= 0.6 is 0 Å². The van der Waals surface area contributed by atoms with Gasteiger partial charge < -0.3 is 9.80 Å². The molecular formula is C19H23N9. The maximum atomic E-state index is 9.75. The highest BCUT2D eigenvalue weighted by Crippen LogP contribution is 2.27. The Balaban J connectivity index is 1.59. The fourth-order valence-electron chi connectivity index (χ4n) is 3.83. The lowest BCUT2D eigenvalue weighted by Gasteiger charge is -2.36. The van der Waals surface area contributed by atoms with Crippen LogP contribution in [0.15, 0.2) is 12.5 Å². The van der Waals surface area contributed by atoms with Crippen molar-refractivity contribution < 1.29 is 0 Å². The summed E-state index contributed by atoms with van der Waals surface area (Å²) >= 11 is 0.